The number of pyridine rings is 1. The third-order valence-electron chi connectivity index (χ3n) is 7.80. The van der Waals surface area contributed by atoms with E-state index in [0.29, 0.717) is 17.6 Å². The molecule has 0 radical (unpaired) electrons. The van der Waals surface area contributed by atoms with Gasteiger partial charge in [0, 0.05) is 37.0 Å². The Morgan fingerprint density at radius 3 is 2.34 bits per heavy atom. The van der Waals surface area contributed by atoms with Gasteiger partial charge in [-0.15, -0.1) is 0 Å². The number of aliphatic carboxylic acids is 1. The highest BCUT2D eigenvalue weighted by Crippen LogP contribution is 2.43. The smallest absolute Gasteiger partial charge is 0.486 e. The average Bonchev–Trinajstić information content (AvgIpc) is 2.94. The minimum atomic E-state index is -5.08. The second kappa shape index (κ2) is 11.9. The predicted molar refractivity (Wildman–Crippen MR) is 141 cm³/mol. The van der Waals surface area contributed by atoms with Gasteiger partial charge in [-0.3, -0.25) is 9.69 Å². The number of hydrogen-bond acceptors (Lipinski definition) is 7. The Morgan fingerprint density at radius 2 is 1.73 bits per heavy atom. The number of likely N-dealkylation sites (tertiary alicyclic amines) is 2. The Labute approximate surface area is 236 Å². The number of carbonyl (C=O) groups excluding carboxylic acids is 1. The summed E-state index contributed by atoms with van der Waals surface area (Å²) in [5, 5.41) is 16.2. The third-order valence-corrected chi connectivity index (χ3v) is 7.80. The molecule has 2 fully saturated rings. The predicted octanol–water partition coefficient (Wildman–Crippen LogP) is 4.65. The van der Waals surface area contributed by atoms with E-state index in [0.717, 1.165) is 69.9 Å². The highest BCUT2D eigenvalue weighted by atomic mass is 19.4. The molecule has 9 nitrogen and oxygen atoms in total. The van der Waals surface area contributed by atoms with Crippen molar-refractivity contribution in [3.8, 4) is 17.6 Å². The van der Waals surface area contributed by atoms with E-state index >= 15 is 0 Å². The van der Waals surface area contributed by atoms with E-state index in [4.69, 9.17) is 24.6 Å². The summed E-state index contributed by atoms with van der Waals surface area (Å²) in [4.78, 5) is 30.2. The molecule has 1 aromatic carbocycles. The number of amides is 1. The first kappa shape index (κ1) is 30.1. The molecule has 2 aromatic rings. The number of nitrogens with zero attached hydrogens (tertiary/aromatic N) is 4. The Kier molecular flexibility index (Phi) is 8.77. The normalized spacial score (nSPS) is 19.5. The van der Waals surface area contributed by atoms with Crippen LogP contribution in [0.4, 0.5) is 13.2 Å². The number of hydrogen-bond donors (Lipinski definition) is 1. The first-order valence-corrected chi connectivity index (χ1v) is 13.4. The lowest BCUT2D eigenvalue weighted by Gasteiger charge is -2.47. The van der Waals surface area contributed by atoms with Crippen molar-refractivity contribution in [2.45, 2.75) is 57.9 Å². The van der Waals surface area contributed by atoms with Gasteiger partial charge in [-0.25, -0.2) is 9.78 Å². The van der Waals surface area contributed by atoms with Crippen LogP contribution < -0.4 is 9.47 Å². The van der Waals surface area contributed by atoms with Crippen LogP contribution in [0.1, 0.15) is 61.1 Å². The SMILES string of the molecule is CC1(C)COc2cccc(CN3CCC4(CC3)CCN(C(=O)c3ccnc(C#N)c3)CC4)c2O1.O=C(O)C(F)(F)F. The number of nitriles is 1. The van der Waals surface area contributed by atoms with E-state index in [1.54, 1.807) is 12.1 Å². The molecule has 2 saturated heterocycles. The number of ether oxygens (including phenoxy) is 2. The topological polar surface area (TPSA) is 116 Å². The number of rotatable bonds is 3. The Bertz CT molecular complexity index is 1310. The second-order valence-corrected chi connectivity index (χ2v) is 11.3. The molecule has 3 aliphatic rings. The molecule has 0 bridgehead atoms. The molecule has 1 amide bonds. The maximum atomic E-state index is 12.9. The van der Waals surface area contributed by atoms with E-state index in [9.17, 15) is 18.0 Å². The summed E-state index contributed by atoms with van der Waals surface area (Å²) in [5.74, 6) is -1.02. The van der Waals surface area contributed by atoms with E-state index in [1.807, 2.05) is 17.0 Å². The molecule has 0 unspecified atom stereocenters. The maximum absolute atomic E-state index is 12.9. The van der Waals surface area contributed by atoms with Gasteiger partial charge in [-0.1, -0.05) is 12.1 Å². The average molecular weight is 575 g/mol. The van der Waals surface area contributed by atoms with Gasteiger partial charge in [0.15, 0.2) is 11.5 Å². The van der Waals surface area contributed by atoms with Crippen LogP contribution in [0, 0.1) is 16.7 Å². The highest BCUT2D eigenvalue weighted by Gasteiger charge is 2.40. The molecule has 3 aliphatic heterocycles. The van der Waals surface area contributed by atoms with Crippen molar-refractivity contribution >= 4 is 11.9 Å². The summed E-state index contributed by atoms with van der Waals surface area (Å²) in [6.45, 7) is 9.21. The fourth-order valence-electron chi connectivity index (χ4n) is 5.39. The fourth-order valence-corrected chi connectivity index (χ4v) is 5.39. The number of fused-ring (bicyclic) bond motifs is 1. The molecule has 4 heterocycles. The van der Waals surface area contributed by atoms with Gasteiger partial charge in [-0.05, 0) is 76.2 Å². The van der Waals surface area contributed by atoms with E-state index in [1.165, 1.54) is 11.8 Å². The van der Waals surface area contributed by atoms with Gasteiger partial charge in [0.2, 0.25) is 0 Å². The van der Waals surface area contributed by atoms with Gasteiger partial charge in [-0.2, -0.15) is 18.4 Å². The van der Waals surface area contributed by atoms with Crippen molar-refractivity contribution in [2.75, 3.05) is 32.8 Å². The number of alkyl halides is 3. The standard InChI is InChI=1S/C27H32N4O3.C2HF3O2/c1-26(2)19-33-23-5-3-4-21(24(23)34-26)18-30-12-7-27(8-13-30)9-14-31(15-10-27)25(32)20-6-11-29-22(16-20)17-28;3-2(4,5)1(6)7/h3-6,11,16H,7-10,12-15,18-19H2,1-2H3;(H,6,7). The molecule has 0 atom stereocenters. The van der Waals surface area contributed by atoms with Crippen molar-refractivity contribution < 1.29 is 37.3 Å². The maximum Gasteiger partial charge on any atom is 0.490 e. The van der Waals surface area contributed by atoms with Crippen LogP contribution in [-0.2, 0) is 11.3 Å². The third kappa shape index (κ3) is 7.47. The van der Waals surface area contributed by atoms with Crippen LogP contribution in [0.2, 0.25) is 0 Å². The van der Waals surface area contributed by atoms with Crippen LogP contribution in [0.5, 0.6) is 11.5 Å². The molecule has 12 heteroatoms. The van der Waals surface area contributed by atoms with Crippen molar-refractivity contribution in [2.24, 2.45) is 5.41 Å². The molecule has 1 spiro atoms. The largest absolute Gasteiger partial charge is 0.490 e. The number of piperidine rings is 2. The van der Waals surface area contributed by atoms with E-state index in [-0.39, 0.29) is 17.2 Å². The van der Waals surface area contributed by atoms with E-state index in [2.05, 4.69) is 35.9 Å². The van der Waals surface area contributed by atoms with E-state index < -0.39 is 12.1 Å². The van der Waals surface area contributed by atoms with Crippen molar-refractivity contribution in [1.82, 2.24) is 14.8 Å². The molecular weight excluding hydrogens is 541 g/mol. The van der Waals surface area contributed by atoms with Crippen molar-refractivity contribution in [3.05, 3.63) is 53.3 Å². The lowest BCUT2D eigenvalue weighted by atomic mass is 9.71. The zero-order valence-electron chi connectivity index (χ0n) is 23.0. The highest BCUT2D eigenvalue weighted by molar-refractivity contribution is 5.94. The van der Waals surface area contributed by atoms with Crippen LogP contribution in [0.3, 0.4) is 0 Å². The van der Waals surface area contributed by atoms with Crippen LogP contribution in [-0.4, -0.2) is 76.3 Å². The summed E-state index contributed by atoms with van der Waals surface area (Å²) in [6, 6.07) is 11.5. The Morgan fingerprint density at radius 1 is 1.10 bits per heavy atom. The summed E-state index contributed by atoms with van der Waals surface area (Å²) in [6.07, 6.45) is 0.833. The number of benzene rings is 1. The molecular formula is C29H33F3N4O5. The van der Waals surface area contributed by atoms with Crippen LogP contribution in [0.25, 0.3) is 0 Å². The van der Waals surface area contributed by atoms with Gasteiger partial charge in [0.25, 0.3) is 5.91 Å². The van der Waals surface area contributed by atoms with Crippen molar-refractivity contribution in [3.63, 3.8) is 0 Å². The number of carboxylic acids is 1. The lowest BCUT2D eigenvalue weighted by molar-refractivity contribution is -0.192. The van der Waals surface area contributed by atoms with Gasteiger partial charge in [0.1, 0.15) is 24.0 Å². The molecule has 5 rings (SSSR count). The number of halogens is 3. The first-order chi connectivity index (χ1) is 19.3. The van der Waals surface area contributed by atoms with Crippen LogP contribution >= 0.6 is 0 Å². The molecule has 0 aliphatic carbocycles. The van der Waals surface area contributed by atoms with Gasteiger partial charge < -0.3 is 19.5 Å². The second-order valence-electron chi connectivity index (χ2n) is 11.3. The zero-order valence-corrected chi connectivity index (χ0v) is 23.0. The van der Waals surface area contributed by atoms with Crippen molar-refractivity contribution in [1.29, 1.82) is 5.26 Å². The Balaban J connectivity index is 0.000000493. The Hall–Kier alpha value is -3.85. The zero-order chi connectivity index (χ0) is 29.8. The minimum absolute atomic E-state index is 0.00480. The summed E-state index contributed by atoms with van der Waals surface area (Å²) in [7, 11) is 0. The lowest BCUT2D eigenvalue weighted by Crippen LogP contribution is -2.48. The number of carboxylic acid groups (broad SMARTS) is 1. The number of para-hydroxylation sites is 1. The van der Waals surface area contributed by atoms with Crippen LogP contribution in [0.15, 0.2) is 36.5 Å². The quantitative estimate of drug-likeness (QED) is 0.563. The number of carbonyl (C=O) groups is 2. The summed E-state index contributed by atoms with van der Waals surface area (Å²) >= 11 is 0. The fraction of sp³-hybridized carbons (Fsp3) is 0.517. The molecule has 220 valence electrons. The summed E-state index contributed by atoms with van der Waals surface area (Å²) < 4.78 is 44.0. The summed E-state index contributed by atoms with van der Waals surface area (Å²) in [5.41, 5.74) is 2.04. The molecule has 1 N–H and O–H groups in total. The van der Waals surface area contributed by atoms with Gasteiger partial charge >= 0.3 is 12.1 Å². The first-order valence-electron chi connectivity index (χ1n) is 13.4. The molecule has 41 heavy (non-hydrogen) atoms. The van der Waals surface area contributed by atoms with Gasteiger partial charge in [0.05, 0.1) is 0 Å². The monoisotopic (exact) mass is 574 g/mol. The minimum Gasteiger partial charge on any atom is -0.486 e. The molecule has 1 aromatic heterocycles. The number of aromatic nitrogens is 1. The molecule has 0 saturated carbocycles.